The number of carbonyl (C=O) groups excluding carboxylic acids is 2. The van der Waals surface area contributed by atoms with Crippen molar-refractivity contribution in [2.24, 2.45) is 16.8 Å². The molecule has 2 aliphatic rings. The quantitative estimate of drug-likeness (QED) is 0.308. The minimum Gasteiger partial charge on any atom is -0.480 e. The molecule has 1 aromatic carbocycles. The van der Waals surface area contributed by atoms with Crippen molar-refractivity contribution in [3.05, 3.63) is 23.5 Å². The number of hydrogen-bond donors (Lipinski definition) is 5. The molecule has 3 rings (SSSR count). The lowest BCUT2D eigenvalue weighted by atomic mass is 9.95. The van der Waals surface area contributed by atoms with Crippen molar-refractivity contribution >= 4 is 35.2 Å². The molecule has 2 heterocycles. The Morgan fingerprint density at radius 3 is 2.68 bits per heavy atom. The molecule has 0 aliphatic carbocycles. The van der Waals surface area contributed by atoms with E-state index in [1.54, 1.807) is 0 Å². The van der Waals surface area contributed by atoms with E-state index in [4.69, 9.17) is 10.5 Å². The van der Waals surface area contributed by atoms with Crippen molar-refractivity contribution in [2.45, 2.75) is 45.6 Å². The fraction of sp³-hybridized carbons (Fsp3) is 0.600. The summed E-state index contributed by atoms with van der Waals surface area (Å²) in [5.74, 6) is -1.63. The molecule has 204 valence electrons. The lowest BCUT2D eigenvalue weighted by molar-refractivity contribution is -0.139. The van der Waals surface area contributed by atoms with Gasteiger partial charge in [-0.1, -0.05) is 13.8 Å². The smallest absolute Gasteiger partial charge is 0.407 e. The summed E-state index contributed by atoms with van der Waals surface area (Å²) in [4.78, 5) is 42.5. The molecule has 1 aromatic rings. The summed E-state index contributed by atoms with van der Waals surface area (Å²) in [6.45, 7) is 5.98. The van der Waals surface area contributed by atoms with Crippen LogP contribution < -0.4 is 26.6 Å². The van der Waals surface area contributed by atoms with Crippen LogP contribution in [0.25, 0.3) is 0 Å². The van der Waals surface area contributed by atoms with Crippen LogP contribution in [-0.2, 0) is 14.3 Å². The van der Waals surface area contributed by atoms with Crippen LogP contribution in [0.1, 0.15) is 45.1 Å². The SMILES string of the molecule is CC(C)COC(=O)N[C@@H](CNC(=O)C1CCN(c2cc(F)cc(C3=NCCCCN3)c2N)CC1)C(=O)O. The van der Waals surface area contributed by atoms with Gasteiger partial charge in [-0.05, 0) is 43.7 Å². The summed E-state index contributed by atoms with van der Waals surface area (Å²) in [6.07, 6.45) is 2.06. The van der Waals surface area contributed by atoms with Gasteiger partial charge in [0.15, 0.2) is 0 Å². The van der Waals surface area contributed by atoms with E-state index in [1.165, 1.54) is 12.1 Å². The molecular formula is C25H37FN6O5. The number of amides is 2. The highest BCUT2D eigenvalue weighted by molar-refractivity contribution is 6.05. The maximum absolute atomic E-state index is 14.5. The van der Waals surface area contributed by atoms with Crippen molar-refractivity contribution in [1.29, 1.82) is 0 Å². The van der Waals surface area contributed by atoms with Gasteiger partial charge in [0.05, 0.1) is 18.0 Å². The van der Waals surface area contributed by atoms with Gasteiger partial charge < -0.3 is 36.4 Å². The molecule has 2 amide bonds. The van der Waals surface area contributed by atoms with Gasteiger partial charge in [-0.3, -0.25) is 9.79 Å². The minimum absolute atomic E-state index is 0.108. The van der Waals surface area contributed by atoms with Gasteiger partial charge >= 0.3 is 12.1 Å². The number of nitrogens with two attached hydrogens (primary N) is 1. The highest BCUT2D eigenvalue weighted by atomic mass is 19.1. The van der Waals surface area contributed by atoms with Crippen molar-refractivity contribution < 1.29 is 28.6 Å². The lowest BCUT2D eigenvalue weighted by Crippen LogP contribution is -2.50. The first-order chi connectivity index (χ1) is 17.7. The van der Waals surface area contributed by atoms with E-state index >= 15 is 0 Å². The molecule has 12 heteroatoms. The molecule has 0 saturated carbocycles. The third-order valence-electron chi connectivity index (χ3n) is 6.35. The first-order valence-corrected chi connectivity index (χ1v) is 12.7. The first kappa shape index (κ1) is 28.0. The number of anilines is 2. The standard InChI is InChI=1S/C25H37FN6O5/c1-15(2)14-37-25(36)31-19(24(34)35)13-30-23(33)16-5-9-32(10-6-16)20-12-17(26)11-18(21(20)27)22-28-7-3-4-8-29-22/h11-12,15-16,19H,3-10,13-14,27H2,1-2H3,(H,28,29)(H,30,33)(H,31,36)(H,34,35)/t19-/m0/s1. The van der Waals surface area contributed by atoms with E-state index in [0.717, 1.165) is 19.4 Å². The Morgan fingerprint density at radius 1 is 1.27 bits per heavy atom. The number of aliphatic imine (C=N–C) groups is 1. The van der Waals surface area contributed by atoms with E-state index in [0.29, 0.717) is 55.2 Å². The minimum atomic E-state index is -1.31. The summed E-state index contributed by atoms with van der Waals surface area (Å²) < 4.78 is 19.5. The summed E-state index contributed by atoms with van der Waals surface area (Å²) in [6, 6.07) is 1.48. The predicted octanol–water partition coefficient (Wildman–Crippen LogP) is 1.71. The molecule has 0 unspecified atom stereocenters. The second-order valence-electron chi connectivity index (χ2n) is 9.78. The van der Waals surface area contributed by atoms with Gasteiger partial charge in [0.2, 0.25) is 5.91 Å². The Balaban J connectivity index is 1.56. The summed E-state index contributed by atoms with van der Waals surface area (Å²) in [7, 11) is 0. The average molecular weight is 521 g/mol. The number of benzene rings is 1. The zero-order valence-electron chi connectivity index (χ0n) is 21.4. The topological polar surface area (TPSA) is 158 Å². The second kappa shape index (κ2) is 13.1. The van der Waals surface area contributed by atoms with Crippen LogP contribution in [0.15, 0.2) is 17.1 Å². The molecule has 1 saturated heterocycles. The molecule has 1 fully saturated rings. The number of amidine groups is 1. The van der Waals surface area contributed by atoms with Crippen LogP contribution in [0.5, 0.6) is 0 Å². The van der Waals surface area contributed by atoms with Crippen molar-refractivity contribution in [1.82, 2.24) is 16.0 Å². The maximum atomic E-state index is 14.5. The number of hydrogen-bond acceptors (Lipinski definition) is 8. The monoisotopic (exact) mass is 520 g/mol. The Kier molecular flexibility index (Phi) is 9.93. The number of ether oxygens (including phenoxy) is 1. The average Bonchev–Trinajstić information content (AvgIpc) is 3.15. The summed E-state index contributed by atoms with van der Waals surface area (Å²) >= 11 is 0. The van der Waals surface area contributed by atoms with Crippen LogP contribution in [0.3, 0.4) is 0 Å². The zero-order valence-corrected chi connectivity index (χ0v) is 21.4. The Morgan fingerprint density at radius 2 is 2.00 bits per heavy atom. The van der Waals surface area contributed by atoms with E-state index in [-0.39, 0.29) is 30.9 Å². The first-order valence-electron chi connectivity index (χ1n) is 12.7. The highest BCUT2D eigenvalue weighted by Gasteiger charge is 2.29. The molecule has 0 spiro atoms. The Bertz CT molecular complexity index is 1010. The van der Waals surface area contributed by atoms with E-state index in [1.807, 2.05) is 18.7 Å². The molecule has 0 aromatic heterocycles. The van der Waals surface area contributed by atoms with Gasteiger partial charge in [-0.2, -0.15) is 0 Å². The van der Waals surface area contributed by atoms with E-state index in [9.17, 15) is 23.9 Å². The molecule has 0 bridgehead atoms. The third kappa shape index (κ3) is 7.96. The summed E-state index contributed by atoms with van der Waals surface area (Å²) in [5.41, 5.74) is 7.98. The number of carboxylic acids is 1. The number of alkyl carbamates (subject to hydrolysis) is 1. The fourth-order valence-electron chi connectivity index (χ4n) is 4.29. The van der Waals surface area contributed by atoms with Crippen LogP contribution in [0.4, 0.5) is 20.6 Å². The predicted molar refractivity (Wildman–Crippen MR) is 138 cm³/mol. The van der Waals surface area contributed by atoms with E-state index < -0.39 is 23.9 Å². The lowest BCUT2D eigenvalue weighted by Gasteiger charge is -2.34. The van der Waals surface area contributed by atoms with Crippen LogP contribution in [0.2, 0.25) is 0 Å². The highest BCUT2D eigenvalue weighted by Crippen LogP contribution is 2.32. The van der Waals surface area contributed by atoms with Gasteiger partial charge in [0.25, 0.3) is 0 Å². The zero-order chi connectivity index (χ0) is 26.9. The number of rotatable bonds is 9. The molecular weight excluding hydrogens is 483 g/mol. The fourth-order valence-corrected chi connectivity index (χ4v) is 4.29. The van der Waals surface area contributed by atoms with E-state index in [2.05, 4.69) is 20.9 Å². The van der Waals surface area contributed by atoms with Gasteiger partial charge in [0.1, 0.15) is 17.7 Å². The van der Waals surface area contributed by atoms with Gasteiger partial charge in [0, 0.05) is 44.2 Å². The number of carboxylic acid groups (broad SMARTS) is 1. The molecule has 0 radical (unpaired) electrons. The molecule has 6 N–H and O–H groups in total. The number of nitrogens with zero attached hydrogens (tertiary/aromatic N) is 2. The number of aliphatic carboxylic acids is 1. The van der Waals surface area contributed by atoms with Crippen LogP contribution in [0, 0.1) is 17.7 Å². The van der Waals surface area contributed by atoms with Crippen molar-refractivity contribution in [3.8, 4) is 0 Å². The number of halogens is 1. The third-order valence-corrected chi connectivity index (χ3v) is 6.35. The van der Waals surface area contributed by atoms with Gasteiger partial charge in [-0.15, -0.1) is 0 Å². The summed E-state index contributed by atoms with van der Waals surface area (Å²) in [5, 5.41) is 17.5. The Hall–Kier alpha value is -3.57. The van der Waals surface area contributed by atoms with Crippen molar-refractivity contribution in [2.75, 3.05) is 50.0 Å². The number of carbonyl (C=O) groups is 3. The number of nitrogens with one attached hydrogen (secondary N) is 3. The van der Waals surface area contributed by atoms with Crippen LogP contribution in [-0.4, -0.2) is 74.3 Å². The maximum Gasteiger partial charge on any atom is 0.407 e. The Labute approximate surface area is 216 Å². The molecule has 37 heavy (non-hydrogen) atoms. The molecule has 1 atom stereocenters. The number of nitrogen functional groups attached to an aromatic ring is 1. The largest absolute Gasteiger partial charge is 0.480 e. The number of piperidine rings is 1. The van der Waals surface area contributed by atoms with Gasteiger partial charge in [-0.25, -0.2) is 14.0 Å². The molecule has 11 nitrogen and oxygen atoms in total. The van der Waals surface area contributed by atoms with Crippen LogP contribution >= 0.6 is 0 Å². The normalized spacial score (nSPS) is 17.3. The second-order valence-corrected chi connectivity index (χ2v) is 9.78. The molecule has 2 aliphatic heterocycles. The van der Waals surface area contributed by atoms with Crippen molar-refractivity contribution in [3.63, 3.8) is 0 Å².